The number of pyridine rings is 1. The van der Waals surface area contributed by atoms with Gasteiger partial charge in [0, 0.05) is 24.6 Å². The maximum atomic E-state index is 5.82. The maximum Gasteiger partial charge on any atom is 0.129 e. The molecule has 1 saturated carbocycles. The molecule has 1 aromatic rings. The second-order valence-corrected chi connectivity index (χ2v) is 5.39. The number of hydrogen-bond acceptors (Lipinski definition) is 3. The van der Waals surface area contributed by atoms with Crippen molar-refractivity contribution in [2.24, 2.45) is 0 Å². The summed E-state index contributed by atoms with van der Waals surface area (Å²) >= 11 is 0. The van der Waals surface area contributed by atoms with Crippen LogP contribution in [0.15, 0.2) is 12.1 Å². The van der Waals surface area contributed by atoms with E-state index in [9.17, 15) is 0 Å². The first-order valence-electron chi connectivity index (χ1n) is 5.86. The molecule has 1 aliphatic rings. The topological polar surface area (TPSA) is 34.1 Å². The monoisotopic (exact) mass is 220 g/mol. The zero-order valence-electron chi connectivity index (χ0n) is 10.5. The van der Waals surface area contributed by atoms with Crippen molar-refractivity contribution in [2.45, 2.75) is 45.1 Å². The predicted octanol–water partition coefficient (Wildman–Crippen LogP) is 2.96. The smallest absolute Gasteiger partial charge is 0.129 e. The van der Waals surface area contributed by atoms with Crippen molar-refractivity contribution in [1.82, 2.24) is 4.98 Å². The quantitative estimate of drug-likeness (QED) is 0.850. The number of anilines is 1. The van der Waals surface area contributed by atoms with Gasteiger partial charge >= 0.3 is 0 Å². The molecule has 0 amide bonds. The highest BCUT2D eigenvalue weighted by Gasteiger charge is 2.25. The van der Waals surface area contributed by atoms with Gasteiger partial charge in [-0.3, -0.25) is 0 Å². The Kier molecular flexibility index (Phi) is 2.78. The highest BCUT2D eigenvalue weighted by atomic mass is 16.5. The summed E-state index contributed by atoms with van der Waals surface area (Å²) in [5, 5.41) is 3.08. The van der Waals surface area contributed by atoms with Crippen molar-refractivity contribution in [3.05, 3.63) is 17.8 Å². The number of nitrogens with zero attached hydrogens (tertiary/aromatic N) is 1. The summed E-state index contributed by atoms with van der Waals surface area (Å²) in [6, 6.07) is 4.02. The first-order chi connectivity index (χ1) is 7.49. The standard InChI is InChI=1S/C13H20N2O/c1-13(2,3)11-7-10(16-9-5-6-9)8-12(14-4)15-11/h7-9H,5-6H2,1-4H3,(H,14,15). The SMILES string of the molecule is CNc1cc(OC2CC2)cc(C(C)(C)C)n1. The molecular weight excluding hydrogens is 200 g/mol. The van der Waals surface area contributed by atoms with E-state index in [2.05, 4.69) is 37.1 Å². The molecule has 1 fully saturated rings. The minimum absolute atomic E-state index is 0.0501. The fourth-order valence-corrected chi connectivity index (χ4v) is 1.46. The molecule has 0 unspecified atom stereocenters. The molecule has 1 aromatic heterocycles. The summed E-state index contributed by atoms with van der Waals surface area (Å²) < 4.78 is 5.82. The summed E-state index contributed by atoms with van der Waals surface area (Å²) in [4.78, 5) is 4.56. The van der Waals surface area contributed by atoms with Crippen LogP contribution in [0, 0.1) is 0 Å². The van der Waals surface area contributed by atoms with Gasteiger partial charge in [0.05, 0.1) is 11.8 Å². The van der Waals surface area contributed by atoms with Crippen molar-refractivity contribution >= 4 is 5.82 Å². The summed E-state index contributed by atoms with van der Waals surface area (Å²) in [6.07, 6.45) is 2.80. The van der Waals surface area contributed by atoms with Crippen LogP contribution in [0.1, 0.15) is 39.3 Å². The zero-order valence-corrected chi connectivity index (χ0v) is 10.5. The third-order valence-corrected chi connectivity index (χ3v) is 2.65. The molecule has 0 radical (unpaired) electrons. The van der Waals surface area contributed by atoms with E-state index in [-0.39, 0.29) is 5.41 Å². The Morgan fingerprint density at radius 2 is 2.00 bits per heavy atom. The molecule has 1 aliphatic carbocycles. The Morgan fingerprint density at radius 1 is 1.31 bits per heavy atom. The van der Waals surface area contributed by atoms with Crippen LogP contribution < -0.4 is 10.1 Å². The fourth-order valence-electron chi connectivity index (χ4n) is 1.46. The minimum atomic E-state index is 0.0501. The lowest BCUT2D eigenvalue weighted by Gasteiger charge is -2.20. The summed E-state index contributed by atoms with van der Waals surface area (Å²) in [7, 11) is 1.88. The van der Waals surface area contributed by atoms with Gasteiger partial charge in [-0.1, -0.05) is 20.8 Å². The molecule has 0 bridgehead atoms. The Hall–Kier alpha value is -1.25. The highest BCUT2D eigenvalue weighted by Crippen LogP contribution is 2.31. The third kappa shape index (κ3) is 2.65. The summed E-state index contributed by atoms with van der Waals surface area (Å²) in [5.74, 6) is 1.81. The van der Waals surface area contributed by atoms with E-state index >= 15 is 0 Å². The summed E-state index contributed by atoms with van der Waals surface area (Å²) in [5.41, 5.74) is 1.11. The molecule has 3 heteroatoms. The van der Waals surface area contributed by atoms with E-state index in [0.717, 1.165) is 17.3 Å². The van der Waals surface area contributed by atoms with Crippen LogP contribution in [0.4, 0.5) is 5.82 Å². The average molecular weight is 220 g/mol. The van der Waals surface area contributed by atoms with Crippen LogP contribution in [-0.4, -0.2) is 18.1 Å². The number of hydrogen-bond donors (Lipinski definition) is 1. The van der Waals surface area contributed by atoms with Crippen LogP contribution in [0.3, 0.4) is 0 Å². The van der Waals surface area contributed by atoms with Crippen LogP contribution in [0.2, 0.25) is 0 Å². The molecule has 0 aliphatic heterocycles. The van der Waals surface area contributed by atoms with Gasteiger partial charge in [-0.2, -0.15) is 0 Å². The van der Waals surface area contributed by atoms with Crippen LogP contribution >= 0.6 is 0 Å². The van der Waals surface area contributed by atoms with E-state index in [1.54, 1.807) is 0 Å². The van der Waals surface area contributed by atoms with Gasteiger partial charge in [-0.15, -0.1) is 0 Å². The van der Waals surface area contributed by atoms with Gasteiger partial charge in [0.1, 0.15) is 11.6 Å². The van der Waals surface area contributed by atoms with E-state index < -0.39 is 0 Å². The molecule has 3 nitrogen and oxygen atoms in total. The Morgan fingerprint density at radius 3 is 2.50 bits per heavy atom. The van der Waals surface area contributed by atoms with Crippen molar-refractivity contribution in [3.63, 3.8) is 0 Å². The lowest BCUT2D eigenvalue weighted by Crippen LogP contribution is -2.15. The lowest BCUT2D eigenvalue weighted by atomic mass is 9.91. The second-order valence-electron chi connectivity index (χ2n) is 5.39. The average Bonchev–Trinajstić information content (AvgIpc) is 3.00. The molecule has 0 atom stereocenters. The molecule has 1 heterocycles. The highest BCUT2D eigenvalue weighted by molar-refractivity contribution is 5.43. The van der Waals surface area contributed by atoms with Gasteiger partial charge in [0.15, 0.2) is 0 Å². The van der Waals surface area contributed by atoms with E-state index in [4.69, 9.17) is 4.74 Å². The number of ether oxygens (including phenoxy) is 1. The van der Waals surface area contributed by atoms with Gasteiger partial charge in [-0.25, -0.2) is 4.98 Å². The molecule has 0 saturated heterocycles. The van der Waals surface area contributed by atoms with E-state index in [0.29, 0.717) is 6.10 Å². The molecular formula is C13H20N2O. The number of aromatic nitrogens is 1. The van der Waals surface area contributed by atoms with E-state index in [1.165, 1.54) is 12.8 Å². The van der Waals surface area contributed by atoms with Crippen LogP contribution in [-0.2, 0) is 5.41 Å². The van der Waals surface area contributed by atoms with Gasteiger partial charge in [0.2, 0.25) is 0 Å². The van der Waals surface area contributed by atoms with Gasteiger partial charge < -0.3 is 10.1 Å². The molecule has 1 N–H and O–H groups in total. The normalized spacial score (nSPS) is 16.0. The van der Waals surface area contributed by atoms with Gasteiger partial charge in [-0.05, 0) is 12.8 Å². The third-order valence-electron chi connectivity index (χ3n) is 2.65. The number of rotatable bonds is 3. The van der Waals surface area contributed by atoms with Crippen molar-refractivity contribution < 1.29 is 4.74 Å². The zero-order chi connectivity index (χ0) is 11.8. The van der Waals surface area contributed by atoms with Crippen molar-refractivity contribution in [3.8, 4) is 5.75 Å². The first kappa shape index (κ1) is 11.2. The predicted molar refractivity (Wildman–Crippen MR) is 66.1 cm³/mol. The molecule has 0 spiro atoms. The van der Waals surface area contributed by atoms with Crippen LogP contribution in [0.5, 0.6) is 5.75 Å². The lowest BCUT2D eigenvalue weighted by molar-refractivity contribution is 0.302. The Balaban J connectivity index is 2.29. The largest absolute Gasteiger partial charge is 0.490 e. The first-order valence-corrected chi connectivity index (χ1v) is 5.86. The molecule has 2 rings (SSSR count). The van der Waals surface area contributed by atoms with Crippen LogP contribution in [0.25, 0.3) is 0 Å². The molecule has 88 valence electrons. The fraction of sp³-hybridized carbons (Fsp3) is 0.615. The Labute approximate surface area is 97.2 Å². The minimum Gasteiger partial charge on any atom is -0.490 e. The maximum absolute atomic E-state index is 5.82. The summed E-state index contributed by atoms with van der Waals surface area (Å²) in [6.45, 7) is 6.49. The van der Waals surface area contributed by atoms with E-state index in [1.807, 2.05) is 13.1 Å². The second kappa shape index (κ2) is 3.96. The number of nitrogens with one attached hydrogen (secondary N) is 1. The molecule has 16 heavy (non-hydrogen) atoms. The molecule has 0 aromatic carbocycles. The van der Waals surface area contributed by atoms with Crippen molar-refractivity contribution in [1.29, 1.82) is 0 Å². The Bertz CT molecular complexity index is 378. The van der Waals surface area contributed by atoms with Gasteiger partial charge in [0.25, 0.3) is 0 Å². The van der Waals surface area contributed by atoms with Crippen molar-refractivity contribution in [2.75, 3.05) is 12.4 Å².